The molecule has 0 amide bonds. The van der Waals surface area contributed by atoms with Gasteiger partial charge in [-0.1, -0.05) is 42.5 Å². The standard InChI is InChI=1S/C15H15ClO4S/c1-19-14-9-5-8-13(11-21(16,17)18)15(14)20-10-12-6-3-2-4-7-12/h2-9H,10-11H2,1H3. The zero-order valence-electron chi connectivity index (χ0n) is 11.5. The molecule has 0 heterocycles. The average Bonchev–Trinajstić information content (AvgIpc) is 2.45. The molecule has 0 bridgehead atoms. The smallest absolute Gasteiger partial charge is 0.236 e. The van der Waals surface area contributed by atoms with Crippen molar-refractivity contribution in [3.05, 3.63) is 59.7 Å². The van der Waals surface area contributed by atoms with Crippen LogP contribution in [0.1, 0.15) is 11.1 Å². The number of halogens is 1. The van der Waals surface area contributed by atoms with E-state index in [1.165, 1.54) is 7.11 Å². The first kappa shape index (κ1) is 15.7. The van der Waals surface area contributed by atoms with E-state index >= 15 is 0 Å². The average molecular weight is 327 g/mol. The third-order valence-electron chi connectivity index (χ3n) is 2.83. The van der Waals surface area contributed by atoms with Gasteiger partial charge in [-0.25, -0.2) is 8.42 Å². The molecule has 0 aliphatic carbocycles. The first-order valence-electron chi connectivity index (χ1n) is 6.24. The summed E-state index contributed by atoms with van der Waals surface area (Å²) in [6.07, 6.45) is 0. The van der Waals surface area contributed by atoms with Crippen LogP contribution in [-0.2, 0) is 21.4 Å². The Labute approximate surface area is 128 Å². The lowest BCUT2D eigenvalue weighted by Crippen LogP contribution is -2.03. The molecule has 4 nitrogen and oxygen atoms in total. The van der Waals surface area contributed by atoms with E-state index in [1.54, 1.807) is 18.2 Å². The third-order valence-corrected chi connectivity index (χ3v) is 3.82. The van der Waals surface area contributed by atoms with Crippen LogP contribution in [0.4, 0.5) is 0 Å². The summed E-state index contributed by atoms with van der Waals surface area (Å²) in [6, 6.07) is 14.6. The Bertz CT molecular complexity index is 699. The van der Waals surface area contributed by atoms with Crippen molar-refractivity contribution in [2.45, 2.75) is 12.4 Å². The molecule has 0 aliphatic heterocycles. The molecule has 0 aromatic heterocycles. The quantitative estimate of drug-likeness (QED) is 0.764. The van der Waals surface area contributed by atoms with Gasteiger partial charge in [0.15, 0.2) is 11.5 Å². The van der Waals surface area contributed by atoms with Gasteiger partial charge in [-0.15, -0.1) is 0 Å². The molecule has 2 aromatic rings. The van der Waals surface area contributed by atoms with Gasteiger partial charge in [0, 0.05) is 16.2 Å². The van der Waals surface area contributed by atoms with Gasteiger partial charge in [-0.05, 0) is 11.6 Å². The minimum absolute atomic E-state index is 0.310. The number of benzene rings is 2. The van der Waals surface area contributed by atoms with E-state index in [2.05, 4.69) is 0 Å². The van der Waals surface area contributed by atoms with E-state index in [4.69, 9.17) is 20.2 Å². The summed E-state index contributed by atoms with van der Waals surface area (Å²) >= 11 is 0. The highest BCUT2D eigenvalue weighted by atomic mass is 35.7. The third kappa shape index (κ3) is 4.65. The van der Waals surface area contributed by atoms with Crippen molar-refractivity contribution in [3.8, 4) is 11.5 Å². The number of hydrogen-bond donors (Lipinski definition) is 0. The molecule has 2 aromatic carbocycles. The molecule has 0 saturated heterocycles. The first-order valence-corrected chi connectivity index (χ1v) is 8.72. The van der Waals surface area contributed by atoms with Gasteiger partial charge in [-0.2, -0.15) is 0 Å². The van der Waals surface area contributed by atoms with Crippen LogP contribution < -0.4 is 9.47 Å². The summed E-state index contributed by atoms with van der Waals surface area (Å²) in [5, 5.41) is 0. The minimum Gasteiger partial charge on any atom is -0.493 e. The highest BCUT2D eigenvalue weighted by Gasteiger charge is 2.16. The number of rotatable bonds is 6. The van der Waals surface area contributed by atoms with Crippen LogP contribution in [0.25, 0.3) is 0 Å². The summed E-state index contributed by atoms with van der Waals surface area (Å²) in [5.41, 5.74) is 1.45. The fourth-order valence-electron chi connectivity index (χ4n) is 1.91. The van der Waals surface area contributed by atoms with E-state index < -0.39 is 9.05 Å². The fraction of sp³-hybridized carbons (Fsp3) is 0.200. The number of hydrogen-bond acceptors (Lipinski definition) is 4. The highest BCUT2D eigenvalue weighted by molar-refractivity contribution is 8.13. The van der Waals surface area contributed by atoms with Crippen LogP contribution in [0.15, 0.2) is 48.5 Å². The second kappa shape index (κ2) is 6.83. The van der Waals surface area contributed by atoms with Gasteiger partial charge in [0.2, 0.25) is 9.05 Å². The van der Waals surface area contributed by atoms with Crippen LogP contribution in [-0.4, -0.2) is 15.5 Å². The Kier molecular flexibility index (Phi) is 5.09. The second-order valence-electron chi connectivity index (χ2n) is 4.41. The highest BCUT2D eigenvalue weighted by Crippen LogP contribution is 2.33. The molecule has 0 atom stereocenters. The molecule has 6 heteroatoms. The van der Waals surface area contributed by atoms with Gasteiger partial charge in [0.25, 0.3) is 0 Å². The lowest BCUT2D eigenvalue weighted by atomic mass is 10.2. The van der Waals surface area contributed by atoms with E-state index in [0.717, 1.165) is 5.56 Å². The fourth-order valence-corrected chi connectivity index (χ4v) is 2.87. The maximum absolute atomic E-state index is 11.3. The van der Waals surface area contributed by atoms with Crippen LogP contribution in [0.3, 0.4) is 0 Å². The van der Waals surface area contributed by atoms with Crippen molar-refractivity contribution in [2.75, 3.05) is 7.11 Å². The van der Waals surface area contributed by atoms with Crippen molar-refractivity contribution in [2.24, 2.45) is 0 Å². The molecule has 0 spiro atoms. The summed E-state index contributed by atoms with van der Waals surface area (Å²) < 4.78 is 33.6. The van der Waals surface area contributed by atoms with Crippen molar-refractivity contribution in [1.29, 1.82) is 0 Å². The van der Waals surface area contributed by atoms with E-state index in [0.29, 0.717) is 23.7 Å². The van der Waals surface area contributed by atoms with Crippen LogP contribution >= 0.6 is 10.7 Å². The lowest BCUT2D eigenvalue weighted by molar-refractivity contribution is 0.282. The van der Waals surface area contributed by atoms with Crippen molar-refractivity contribution in [1.82, 2.24) is 0 Å². The monoisotopic (exact) mass is 326 g/mol. The summed E-state index contributed by atoms with van der Waals surface area (Å²) in [6.45, 7) is 0.316. The van der Waals surface area contributed by atoms with Crippen LogP contribution in [0, 0.1) is 0 Å². The van der Waals surface area contributed by atoms with Crippen molar-refractivity contribution < 1.29 is 17.9 Å². The maximum Gasteiger partial charge on any atom is 0.236 e. The molecule has 0 N–H and O–H groups in total. The Morgan fingerprint density at radius 1 is 1.05 bits per heavy atom. The topological polar surface area (TPSA) is 52.6 Å². The van der Waals surface area contributed by atoms with Gasteiger partial charge in [-0.3, -0.25) is 0 Å². The summed E-state index contributed by atoms with van der Waals surface area (Å²) in [4.78, 5) is 0. The molecule has 0 saturated carbocycles. The molecular formula is C15H15ClO4S. The zero-order valence-corrected chi connectivity index (χ0v) is 13.0. The molecule has 0 aliphatic rings. The molecule has 0 unspecified atom stereocenters. The summed E-state index contributed by atoms with van der Waals surface area (Å²) in [7, 11) is 3.16. The maximum atomic E-state index is 11.3. The minimum atomic E-state index is -3.67. The Hall–Kier alpha value is -1.72. The lowest BCUT2D eigenvalue weighted by Gasteiger charge is -2.14. The predicted octanol–water partition coefficient (Wildman–Crippen LogP) is 3.34. The molecule has 21 heavy (non-hydrogen) atoms. The molecule has 0 fully saturated rings. The van der Waals surface area contributed by atoms with Gasteiger partial charge < -0.3 is 9.47 Å². The van der Waals surface area contributed by atoms with Gasteiger partial charge >= 0.3 is 0 Å². The second-order valence-corrected chi connectivity index (χ2v) is 7.18. The Morgan fingerprint density at radius 3 is 2.38 bits per heavy atom. The van der Waals surface area contributed by atoms with Crippen LogP contribution in [0.5, 0.6) is 11.5 Å². The Balaban J connectivity index is 2.27. The predicted molar refractivity (Wildman–Crippen MR) is 82.2 cm³/mol. The number of ether oxygens (including phenoxy) is 2. The van der Waals surface area contributed by atoms with E-state index in [9.17, 15) is 8.42 Å². The van der Waals surface area contributed by atoms with Gasteiger partial charge in [0.05, 0.1) is 12.9 Å². The van der Waals surface area contributed by atoms with Crippen molar-refractivity contribution in [3.63, 3.8) is 0 Å². The summed E-state index contributed by atoms with van der Waals surface area (Å²) in [5.74, 6) is 0.562. The Morgan fingerprint density at radius 2 is 1.76 bits per heavy atom. The molecule has 112 valence electrons. The van der Waals surface area contributed by atoms with E-state index in [1.807, 2.05) is 30.3 Å². The SMILES string of the molecule is COc1cccc(CS(=O)(=O)Cl)c1OCc1ccccc1. The largest absolute Gasteiger partial charge is 0.493 e. The molecule has 0 radical (unpaired) electrons. The normalized spacial score (nSPS) is 11.1. The zero-order chi connectivity index (χ0) is 15.3. The first-order chi connectivity index (χ1) is 9.99. The van der Waals surface area contributed by atoms with E-state index in [-0.39, 0.29) is 5.75 Å². The molecule has 2 rings (SSSR count). The van der Waals surface area contributed by atoms with Gasteiger partial charge in [0.1, 0.15) is 6.61 Å². The van der Waals surface area contributed by atoms with Crippen molar-refractivity contribution >= 4 is 19.7 Å². The van der Waals surface area contributed by atoms with Crippen LogP contribution in [0.2, 0.25) is 0 Å². The number of methoxy groups -OCH3 is 1. The molecular weight excluding hydrogens is 312 g/mol. The number of para-hydroxylation sites is 1.